The molecule has 3 aromatic heterocycles. The Labute approximate surface area is 229 Å². The molecule has 40 heavy (non-hydrogen) atoms. The molecule has 0 radical (unpaired) electrons. The number of aromatic nitrogens is 5. The van der Waals surface area contributed by atoms with Crippen molar-refractivity contribution in [3.63, 3.8) is 0 Å². The number of nitro benzene ring substituents is 1. The van der Waals surface area contributed by atoms with Crippen molar-refractivity contribution in [1.29, 1.82) is 0 Å². The van der Waals surface area contributed by atoms with Gasteiger partial charge >= 0.3 is 0 Å². The Morgan fingerprint density at radius 3 is 2.77 bits per heavy atom. The monoisotopic (exact) mass is 547 g/mol. The van der Waals surface area contributed by atoms with Crippen LogP contribution in [0.1, 0.15) is 42.7 Å². The molecule has 13 nitrogen and oxygen atoms in total. The largest absolute Gasteiger partial charge is 0.476 e. The number of nitrogens with zero attached hydrogens (tertiary/aromatic N) is 7. The van der Waals surface area contributed by atoms with Crippen molar-refractivity contribution >= 4 is 22.8 Å². The first kappa shape index (κ1) is 26.0. The molecule has 1 unspecified atom stereocenters. The molecule has 0 spiro atoms. The number of nitro groups is 1. The molecule has 2 aliphatic rings. The van der Waals surface area contributed by atoms with E-state index in [0.29, 0.717) is 29.4 Å². The van der Waals surface area contributed by atoms with Crippen LogP contribution in [0, 0.1) is 10.1 Å². The highest BCUT2D eigenvalue weighted by Crippen LogP contribution is 2.37. The van der Waals surface area contributed by atoms with Gasteiger partial charge in [0.25, 0.3) is 5.69 Å². The van der Waals surface area contributed by atoms with Gasteiger partial charge in [-0.1, -0.05) is 18.2 Å². The molecule has 2 saturated heterocycles. The summed E-state index contributed by atoms with van der Waals surface area (Å²) in [5.74, 6) is 0.804. The Kier molecular flexibility index (Phi) is 7.24. The van der Waals surface area contributed by atoms with Crippen LogP contribution in [0.3, 0.4) is 0 Å². The van der Waals surface area contributed by atoms with Crippen molar-refractivity contribution in [2.45, 2.75) is 50.2 Å². The van der Waals surface area contributed by atoms with Crippen molar-refractivity contribution in [1.82, 2.24) is 24.5 Å². The number of hydrogen-bond donors (Lipinski definition) is 2. The Morgan fingerprint density at radius 2 is 2.05 bits per heavy atom. The van der Waals surface area contributed by atoms with Crippen LogP contribution >= 0.6 is 0 Å². The summed E-state index contributed by atoms with van der Waals surface area (Å²) < 4.78 is 13.8. The number of aliphatic hydroxyl groups excluding tert-OH is 2. The fourth-order valence-electron chi connectivity index (χ4n) is 5.35. The van der Waals surface area contributed by atoms with Gasteiger partial charge in [0.15, 0.2) is 11.2 Å². The van der Waals surface area contributed by atoms with Crippen LogP contribution in [0.4, 0.5) is 11.6 Å². The molecule has 4 atom stereocenters. The number of aliphatic hydroxyl groups is 2. The minimum Gasteiger partial charge on any atom is -0.476 e. The van der Waals surface area contributed by atoms with Crippen molar-refractivity contribution in [2.75, 3.05) is 24.7 Å². The summed E-state index contributed by atoms with van der Waals surface area (Å²) in [5, 5.41) is 30.8. The summed E-state index contributed by atoms with van der Waals surface area (Å²) in [6, 6.07) is 10.4. The van der Waals surface area contributed by atoms with Gasteiger partial charge in [-0.25, -0.2) is 4.98 Å². The maximum Gasteiger partial charge on any atom is 0.269 e. The van der Waals surface area contributed by atoms with Gasteiger partial charge in [0.2, 0.25) is 11.8 Å². The van der Waals surface area contributed by atoms with Crippen molar-refractivity contribution in [3.05, 3.63) is 76.4 Å². The van der Waals surface area contributed by atoms with Gasteiger partial charge in [0.1, 0.15) is 12.3 Å². The summed E-state index contributed by atoms with van der Waals surface area (Å²) in [7, 11) is 0. The first-order valence-electron chi connectivity index (χ1n) is 13.2. The second kappa shape index (κ2) is 11.1. The number of pyridine rings is 1. The van der Waals surface area contributed by atoms with Crippen LogP contribution in [0.15, 0.2) is 55.1 Å². The Bertz CT molecular complexity index is 1480. The number of hydrogen-bond acceptors (Lipinski definition) is 11. The molecule has 2 N–H and O–H groups in total. The molecule has 1 aromatic carbocycles. The second-order valence-electron chi connectivity index (χ2n) is 9.93. The molecule has 4 aromatic rings. The van der Waals surface area contributed by atoms with Gasteiger partial charge in [0, 0.05) is 43.9 Å². The molecule has 208 valence electrons. The van der Waals surface area contributed by atoms with Crippen molar-refractivity contribution < 1.29 is 24.6 Å². The lowest BCUT2D eigenvalue weighted by atomic mass is 10.1. The molecular weight excluding hydrogens is 518 g/mol. The van der Waals surface area contributed by atoms with Crippen molar-refractivity contribution in [3.8, 4) is 5.88 Å². The fraction of sp³-hybridized carbons (Fsp3) is 0.407. The zero-order valence-electron chi connectivity index (χ0n) is 21.6. The van der Waals surface area contributed by atoms with E-state index < -0.39 is 23.4 Å². The third kappa shape index (κ3) is 5.06. The molecule has 5 heterocycles. The smallest absolute Gasteiger partial charge is 0.269 e. The lowest BCUT2D eigenvalue weighted by molar-refractivity contribution is -0.384. The molecule has 0 aliphatic carbocycles. The van der Waals surface area contributed by atoms with Crippen LogP contribution in [-0.2, 0) is 11.2 Å². The summed E-state index contributed by atoms with van der Waals surface area (Å²) in [4.78, 5) is 31.2. The zero-order valence-corrected chi connectivity index (χ0v) is 21.6. The van der Waals surface area contributed by atoms with Crippen LogP contribution < -0.4 is 9.64 Å². The first-order valence-corrected chi connectivity index (χ1v) is 13.2. The number of benzene rings is 1. The SMILES string of the molecule is O=[N+]([O-])c1ccc(CCOc2nc(N3CCCC3c3cccnc3)nc3c2ncn3[C@H]2C[C@H](O)[C@@H](CO)O2)cc1. The molecular formula is C27H29N7O6. The Hall–Kier alpha value is -4.20. The summed E-state index contributed by atoms with van der Waals surface area (Å²) >= 11 is 0. The lowest BCUT2D eigenvalue weighted by Crippen LogP contribution is -2.25. The third-order valence-electron chi connectivity index (χ3n) is 7.43. The lowest BCUT2D eigenvalue weighted by Gasteiger charge is -2.25. The minimum atomic E-state index is -0.806. The second-order valence-corrected chi connectivity index (χ2v) is 9.93. The highest BCUT2D eigenvalue weighted by molar-refractivity contribution is 5.78. The molecule has 0 saturated carbocycles. The van der Waals surface area contributed by atoms with E-state index in [1.54, 1.807) is 29.2 Å². The molecule has 2 fully saturated rings. The fourth-order valence-corrected chi connectivity index (χ4v) is 5.35. The van der Waals surface area contributed by atoms with Gasteiger partial charge in [-0.3, -0.25) is 19.7 Å². The Morgan fingerprint density at radius 1 is 1.20 bits per heavy atom. The standard InChI is InChI=1S/C27H29N7O6/c35-15-22-21(36)13-23(40-22)33-16-29-24-25(33)30-27(32-11-2-4-20(32)18-3-1-10-28-14-18)31-26(24)39-12-9-17-5-7-19(8-6-17)34(37)38/h1,3,5-8,10,14,16,20-23,35-36H,2,4,9,11-13,15H2/t20?,21-,22+,23+/m0/s1. The van der Waals surface area contributed by atoms with E-state index in [9.17, 15) is 20.3 Å². The highest BCUT2D eigenvalue weighted by atomic mass is 16.6. The minimum absolute atomic E-state index is 0.0360. The zero-order chi connectivity index (χ0) is 27.6. The van der Waals surface area contributed by atoms with E-state index in [-0.39, 0.29) is 31.4 Å². The quantitative estimate of drug-likeness (QED) is 0.234. The van der Waals surface area contributed by atoms with Gasteiger partial charge in [0.05, 0.1) is 36.6 Å². The normalized spacial score (nSPS) is 22.7. The molecule has 6 rings (SSSR count). The summed E-state index contributed by atoms with van der Waals surface area (Å²) in [6.07, 6.45) is 5.84. The number of non-ortho nitro benzene ring substituents is 1. The van der Waals surface area contributed by atoms with E-state index >= 15 is 0 Å². The number of imidazole rings is 1. The van der Waals surface area contributed by atoms with Gasteiger partial charge in [-0.05, 0) is 30.0 Å². The predicted molar refractivity (Wildman–Crippen MR) is 143 cm³/mol. The van der Waals surface area contributed by atoms with Crippen LogP contribution in [0.5, 0.6) is 5.88 Å². The molecule has 13 heteroatoms. The topological polar surface area (TPSA) is 162 Å². The average molecular weight is 548 g/mol. The van der Waals surface area contributed by atoms with Crippen LogP contribution in [-0.4, -0.2) is 71.6 Å². The van der Waals surface area contributed by atoms with E-state index in [0.717, 1.165) is 30.5 Å². The Balaban J connectivity index is 1.32. The van der Waals surface area contributed by atoms with E-state index in [4.69, 9.17) is 19.4 Å². The summed E-state index contributed by atoms with van der Waals surface area (Å²) in [6.45, 7) is 0.738. The van der Waals surface area contributed by atoms with E-state index in [2.05, 4.69) is 14.9 Å². The number of fused-ring (bicyclic) bond motifs is 1. The van der Waals surface area contributed by atoms with Crippen molar-refractivity contribution in [2.24, 2.45) is 0 Å². The van der Waals surface area contributed by atoms with Crippen LogP contribution in [0.2, 0.25) is 0 Å². The predicted octanol–water partition coefficient (Wildman–Crippen LogP) is 2.73. The van der Waals surface area contributed by atoms with Gasteiger partial charge in [-0.15, -0.1) is 0 Å². The molecule has 0 amide bonds. The van der Waals surface area contributed by atoms with Gasteiger partial charge < -0.3 is 24.6 Å². The maximum atomic E-state index is 11.0. The molecule has 2 aliphatic heterocycles. The molecule has 0 bridgehead atoms. The van der Waals surface area contributed by atoms with Gasteiger partial charge in [-0.2, -0.15) is 9.97 Å². The maximum absolute atomic E-state index is 11.0. The number of anilines is 1. The highest BCUT2D eigenvalue weighted by Gasteiger charge is 2.36. The number of rotatable bonds is 9. The van der Waals surface area contributed by atoms with E-state index in [1.807, 2.05) is 18.3 Å². The van der Waals surface area contributed by atoms with Crippen LogP contribution in [0.25, 0.3) is 11.2 Å². The summed E-state index contributed by atoms with van der Waals surface area (Å²) in [5.41, 5.74) is 2.96. The number of ether oxygens (including phenoxy) is 2. The first-order chi connectivity index (χ1) is 19.5. The third-order valence-corrected chi connectivity index (χ3v) is 7.43. The average Bonchev–Trinajstić information content (AvgIpc) is 3.72. The van der Waals surface area contributed by atoms with E-state index in [1.165, 1.54) is 12.1 Å².